The lowest BCUT2D eigenvalue weighted by Crippen LogP contribution is -2.05. The largest absolute Gasteiger partial charge is 0.491 e. The van der Waals surface area contributed by atoms with Crippen molar-refractivity contribution >= 4 is 72.4 Å². The molecule has 2 aromatic rings. The smallest absolute Gasteiger partial charge is 0.142 e. The molecule has 0 unspecified atom stereocenters. The molecular weight excluding hydrogens is 422 g/mol. The Hall–Kier alpha value is -1.60. The number of rotatable bonds is 7. The molecule has 0 radical (unpaired) electrons. The highest BCUT2D eigenvalue weighted by molar-refractivity contribution is 5.86. The highest BCUT2D eigenvalue weighted by Crippen LogP contribution is 2.24. The standard InChI is InChI=1S/C16H22N4O2.4ClH/c17-11-3-5-15(13(19)9-11)21-7-1-2-8-22-16-6-4-12(18)10-14(16)20;;;;/h3-6,9-10H,1-2,7-8,17-20H2;4*1H. The molecular formula is C16H26Cl4N4O2. The summed E-state index contributed by atoms with van der Waals surface area (Å²) in [7, 11) is 0. The van der Waals surface area contributed by atoms with Gasteiger partial charge in [-0.15, -0.1) is 49.6 Å². The van der Waals surface area contributed by atoms with Crippen LogP contribution in [0.5, 0.6) is 11.5 Å². The lowest BCUT2D eigenvalue weighted by molar-refractivity contribution is 0.268. The minimum Gasteiger partial charge on any atom is -0.491 e. The molecule has 0 amide bonds. The minimum absolute atomic E-state index is 0. The molecule has 0 aliphatic carbocycles. The summed E-state index contributed by atoms with van der Waals surface area (Å²) in [5.74, 6) is 1.30. The van der Waals surface area contributed by atoms with Crippen LogP contribution in [0, 0.1) is 0 Å². The summed E-state index contributed by atoms with van der Waals surface area (Å²) < 4.78 is 11.2. The van der Waals surface area contributed by atoms with E-state index in [4.69, 9.17) is 32.4 Å². The predicted octanol–water partition coefficient (Wildman–Crippen LogP) is 3.94. The van der Waals surface area contributed by atoms with Gasteiger partial charge in [0, 0.05) is 11.4 Å². The second-order valence-electron chi connectivity index (χ2n) is 5.00. The van der Waals surface area contributed by atoms with Crippen LogP contribution in [0.15, 0.2) is 36.4 Å². The zero-order chi connectivity index (χ0) is 15.9. The van der Waals surface area contributed by atoms with Crippen molar-refractivity contribution in [3.63, 3.8) is 0 Å². The van der Waals surface area contributed by atoms with Gasteiger partial charge in [-0.3, -0.25) is 0 Å². The SMILES string of the molecule is Cl.Cl.Cl.Cl.Nc1ccc(OCCCCOc2ccc(N)cc2N)c(N)c1. The number of hydrogen-bond acceptors (Lipinski definition) is 6. The first kappa shape index (κ1) is 29.2. The average molecular weight is 448 g/mol. The van der Waals surface area contributed by atoms with Gasteiger partial charge in [-0.25, -0.2) is 0 Å². The van der Waals surface area contributed by atoms with Crippen molar-refractivity contribution in [2.75, 3.05) is 36.1 Å². The normalized spacial score (nSPS) is 8.77. The van der Waals surface area contributed by atoms with E-state index in [0.29, 0.717) is 47.5 Å². The van der Waals surface area contributed by atoms with Crippen LogP contribution >= 0.6 is 49.6 Å². The Bertz CT molecular complexity index is 592. The van der Waals surface area contributed by atoms with Crippen LogP contribution in [-0.2, 0) is 0 Å². The topological polar surface area (TPSA) is 123 Å². The first-order valence-corrected chi connectivity index (χ1v) is 7.12. The number of anilines is 4. The maximum absolute atomic E-state index is 5.81. The molecule has 0 fully saturated rings. The van der Waals surface area contributed by atoms with E-state index in [9.17, 15) is 0 Å². The first-order chi connectivity index (χ1) is 10.6. The summed E-state index contributed by atoms with van der Waals surface area (Å²) in [6, 6.07) is 10.4. The lowest BCUT2D eigenvalue weighted by atomic mass is 10.2. The van der Waals surface area contributed by atoms with Crippen LogP contribution in [0.4, 0.5) is 22.7 Å². The Morgan fingerprint density at radius 1 is 0.577 bits per heavy atom. The number of hydrogen-bond donors (Lipinski definition) is 4. The average Bonchev–Trinajstić information content (AvgIpc) is 2.46. The van der Waals surface area contributed by atoms with E-state index in [-0.39, 0.29) is 49.6 Å². The Balaban J connectivity index is -0.00000132. The van der Waals surface area contributed by atoms with Gasteiger partial charge in [0.15, 0.2) is 0 Å². The molecule has 0 spiro atoms. The zero-order valence-electron chi connectivity index (χ0n) is 14.1. The van der Waals surface area contributed by atoms with E-state index in [1.54, 1.807) is 36.4 Å². The molecule has 150 valence electrons. The second-order valence-corrected chi connectivity index (χ2v) is 5.00. The molecule has 8 N–H and O–H groups in total. The van der Waals surface area contributed by atoms with Crippen LogP contribution < -0.4 is 32.4 Å². The number of ether oxygens (including phenoxy) is 2. The molecule has 26 heavy (non-hydrogen) atoms. The molecule has 2 aromatic carbocycles. The van der Waals surface area contributed by atoms with Crippen LogP contribution in [-0.4, -0.2) is 13.2 Å². The van der Waals surface area contributed by atoms with Crippen molar-refractivity contribution in [2.45, 2.75) is 12.8 Å². The zero-order valence-corrected chi connectivity index (χ0v) is 17.3. The molecule has 0 aliphatic heterocycles. The van der Waals surface area contributed by atoms with E-state index in [1.165, 1.54) is 0 Å². The van der Waals surface area contributed by atoms with E-state index in [2.05, 4.69) is 0 Å². The fraction of sp³-hybridized carbons (Fsp3) is 0.250. The van der Waals surface area contributed by atoms with Crippen molar-refractivity contribution in [3.8, 4) is 11.5 Å². The Morgan fingerprint density at radius 3 is 1.23 bits per heavy atom. The summed E-state index contributed by atoms with van der Waals surface area (Å²) in [4.78, 5) is 0. The van der Waals surface area contributed by atoms with E-state index in [0.717, 1.165) is 12.8 Å². The molecule has 0 saturated heterocycles. The molecule has 0 heterocycles. The maximum Gasteiger partial charge on any atom is 0.142 e. The van der Waals surface area contributed by atoms with Crippen LogP contribution in [0.3, 0.4) is 0 Å². The number of unbranched alkanes of at least 4 members (excludes halogenated alkanes) is 1. The fourth-order valence-electron chi connectivity index (χ4n) is 1.97. The molecule has 0 atom stereocenters. The van der Waals surface area contributed by atoms with Crippen LogP contribution in [0.25, 0.3) is 0 Å². The number of nitrogens with two attached hydrogens (primary N) is 4. The number of halogens is 4. The third kappa shape index (κ3) is 9.20. The third-order valence-corrected chi connectivity index (χ3v) is 3.12. The quantitative estimate of drug-likeness (QED) is 0.376. The Morgan fingerprint density at radius 2 is 0.923 bits per heavy atom. The monoisotopic (exact) mass is 446 g/mol. The van der Waals surface area contributed by atoms with Gasteiger partial charge in [-0.1, -0.05) is 0 Å². The summed E-state index contributed by atoms with van der Waals surface area (Å²) in [5, 5.41) is 0. The van der Waals surface area contributed by atoms with Gasteiger partial charge >= 0.3 is 0 Å². The highest BCUT2D eigenvalue weighted by Gasteiger charge is 2.02. The Kier molecular flexibility index (Phi) is 16.3. The molecule has 10 heteroatoms. The second kappa shape index (κ2) is 14.6. The summed E-state index contributed by atoms with van der Waals surface area (Å²) in [6.07, 6.45) is 1.69. The molecule has 6 nitrogen and oxygen atoms in total. The number of benzene rings is 2. The van der Waals surface area contributed by atoms with E-state index >= 15 is 0 Å². The lowest BCUT2D eigenvalue weighted by Gasteiger charge is -2.11. The summed E-state index contributed by atoms with van der Waals surface area (Å²) in [6.45, 7) is 1.13. The van der Waals surface area contributed by atoms with Gasteiger partial charge in [0.1, 0.15) is 11.5 Å². The highest BCUT2D eigenvalue weighted by atomic mass is 35.5. The van der Waals surface area contributed by atoms with Crippen LogP contribution in [0.1, 0.15) is 12.8 Å². The van der Waals surface area contributed by atoms with Gasteiger partial charge in [0.05, 0.1) is 24.6 Å². The van der Waals surface area contributed by atoms with Crippen molar-refractivity contribution in [2.24, 2.45) is 0 Å². The molecule has 0 aliphatic rings. The number of nitrogen functional groups attached to an aromatic ring is 4. The minimum atomic E-state index is 0. The van der Waals surface area contributed by atoms with Crippen LogP contribution in [0.2, 0.25) is 0 Å². The first-order valence-electron chi connectivity index (χ1n) is 7.12. The van der Waals surface area contributed by atoms with Gasteiger partial charge < -0.3 is 32.4 Å². The molecule has 2 rings (SSSR count). The van der Waals surface area contributed by atoms with Gasteiger partial charge in [-0.2, -0.15) is 0 Å². The maximum atomic E-state index is 5.81. The predicted molar refractivity (Wildman–Crippen MR) is 120 cm³/mol. The van der Waals surface area contributed by atoms with Gasteiger partial charge in [-0.05, 0) is 49.2 Å². The van der Waals surface area contributed by atoms with Crippen molar-refractivity contribution in [1.29, 1.82) is 0 Å². The molecule has 0 aromatic heterocycles. The van der Waals surface area contributed by atoms with Gasteiger partial charge in [0.2, 0.25) is 0 Å². The van der Waals surface area contributed by atoms with Crippen molar-refractivity contribution in [3.05, 3.63) is 36.4 Å². The van der Waals surface area contributed by atoms with Gasteiger partial charge in [0.25, 0.3) is 0 Å². The summed E-state index contributed by atoms with van der Waals surface area (Å²) >= 11 is 0. The van der Waals surface area contributed by atoms with Crippen molar-refractivity contribution in [1.82, 2.24) is 0 Å². The molecule has 0 bridgehead atoms. The summed E-state index contributed by atoms with van der Waals surface area (Å²) in [5.41, 5.74) is 25.2. The molecule has 0 saturated carbocycles. The van der Waals surface area contributed by atoms with E-state index < -0.39 is 0 Å². The fourth-order valence-corrected chi connectivity index (χ4v) is 1.97. The Labute approximate surface area is 178 Å². The van der Waals surface area contributed by atoms with E-state index in [1.807, 2.05) is 0 Å². The van der Waals surface area contributed by atoms with Crippen molar-refractivity contribution < 1.29 is 9.47 Å². The third-order valence-electron chi connectivity index (χ3n) is 3.12.